The highest BCUT2D eigenvalue weighted by Gasteiger charge is 2.24. The summed E-state index contributed by atoms with van der Waals surface area (Å²) in [5, 5.41) is 0. The molecule has 0 saturated heterocycles. The molecule has 5 heteroatoms. The third-order valence-corrected chi connectivity index (χ3v) is 3.13. The lowest BCUT2D eigenvalue weighted by molar-refractivity contribution is -0.129. The minimum Gasteiger partial charge on any atom is -0.491 e. The van der Waals surface area contributed by atoms with Crippen molar-refractivity contribution in [3.63, 3.8) is 0 Å². The number of hydrogen-bond acceptors (Lipinski definition) is 5. The molecule has 0 unspecified atom stereocenters. The van der Waals surface area contributed by atoms with Crippen LogP contribution in [0, 0.1) is 6.92 Å². The van der Waals surface area contributed by atoms with Gasteiger partial charge in [-0.15, -0.1) is 0 Å². The molecule has 1 aromatic heterocycles. The predicted molar refractivity (Wildman–Crippen MR) is 86.3 cm³/mol. The zero-order valence-electron chi connectivity index (χ0n) is 13.2. The molecular weight excluding hydrogens is 294 g/mol. The molecular formula is C18H17NO4. The van der Waals surface area contributed by atoms with Crippen LogP contribution in [0.5, 0.6) is 5.75 Å². The largest absolute Gasteiger partial charge is 0.491 e. The molecule has 1 aromatic carbocycles. The summed E-state index contributed by atoms with van der Waals surface area (Å²) in [5.41, 5.74) is 0.935. The van der Waals surface area contributed by atoms with Crippen LogP contribution in [0.2, 0.25) is 0 Å². The summed E-state index contributed by atoms with van der Waals surface area (Å²) in [5.74, 6) is 1.89. The number of aryl methyl sites for hydroxylation is 1. The molecule has 0 radical (unpaired) electrons. The Kier molecular flexibility index (Phi) is 4.02. The SMILES string of the molecule is Cc1ccc(C=C2N=C(c3ccc(OC(C)C)cc3)OC2=O)o1. The van der Waals surface area contributed by atoms with Gasteiger partial charge < -0.3 is 13.9 Å². The highest BCUT2D eigenvalue weighted by Crippen LogP contribution is 2.21. The molecule has 0 fully saturated rings. The standard InChI is InChI=1S/C18H17NO4/c1-11(2)21-14-8-5-13(6-9-14)17-19-16(18(20)23-17)10-15-7-4-12(3)22-15/h4-11H,1-3H3. The van der Waals surface area contributed by atoms with Crippen LogP contribution < -0.4 is 4.74 Å². The van der Waals surface area contributed by atoms with E-state index in [0.717, 1.165) is 11.5 Å². The second-order valence-electron chi connectivity index (χ2n) is 5.48. The second kappa shape index (κ2) is 6.12. The predicted octanol–water partition coefficient (Wildman–Crippen LogP) is 3.72. The number of benzene rings is 1. The molecule has 0 spiro atoms. The Hall–Kier alpha value is -2.82. The van der Waals surface area contributed by atoms with E-state index in [9.17, 15) is 4.79 Å². The van der Waals surface area contributed by atoms with Gasteiger partial charge in [0.1, 0.15) is 17.3 Å². The maximum absolute atomic E-state index is 11.9. The van der Waals surface area contributed by atoms with E-state index in [-0.39, 0.29) is 17.7 Å². The maximum Gasteiger partial charge on any atom is 0.363 e. The highest BCUT2D eigenvalue weighted by atomic mass is 16.6. The van der Waals surface area contributed by atoms with Gasteiger partial charge in [-0.1, -0.05) is 0 Å². The van der Waals surface area contributed by atoms with Gasteiger partial charge in [-0.3, -0.25) is 0 Å². The molecule has 1 aliphatic rings. The van der Waals surface area contributed by atoms with Crippen molar-refractivity contribution in [3.8, 4) is 5.75 Å². The van der Waals surface area contributed by atoms with Crippen LogP contribution in [0.15, 0.2) is 51.5 Å². The van der Waals surface area contributed by atoms with Crippen LogP contribution in [0.25, 0.3) is 6.08 Å². The Labute approximate surface area is 134 Å². The first-order valence-electron chi connectivity index (χ1n) is 7.37. The zero-order valence-corrected chi connectivity index (χ0v) is 13.2. The van der Waals surface area contributed by atoms with Crippen LogP contribution in [-0.4, -0.2) is 18.0 Å². The number of rotatable bonds is 4. The van der Waals surface area contributed by atoms with E-state index in [4.69, 9.17) is 13.9 Å². The Balaban J connectivity index is 1.82. The van der Waals surface area contributed by atoms with Gasteiger partial charge in [0, 0.05) is 11.6 Å². The van der Waals surface area contributed by atoms with Crippen LogP contribution in [0.3, 0.4) is 0 Å². The molecule has 0 atom stereocenters. The van der Waals surface area contributed by atoms with Crippen LogP contribution in [0.4, 0.5) is 0 Å². The van der Waals surface area contributed by atoms with Crippen molar-refractivity contribution < 1.29 is 18.7 Å². The minimum absolute atomic E-state index is 0.105. The summed E-state index contributed by atoms with van der Waals surface area (Å²) in [6.45, 7) is 5.76. The fourth-order valence-corrected chi connectivity index (χ4v) is 2.15. The summed E-state index contributed by atoms with van der Waals surface area (Å²) in [6.07, 6.45) is 1.67. The average molecular weight is 311 g/mol. The van der Waals surface area contributed by atoms with Crippen molar-refractivity contribution in [3.05, 3.63) is 59.2 Å². The van der Waals surface area contributed by atoms with Gasteiger partial charge in [0.2, 0.25) is 5.90 Å². The number of aliphatic imine (C=N–C) groups is 1. The number of ether oxygens (including phenoxy) is 2. The molecule has 1 aliphatic heterocycles. The lowest BCUT2D eigenvalue weighted by Crippen LogP contribution is -2.07. The van der Waals surface area contributed by atoms with E-state index in [1.807, 2.05) is 51.1 Å². The van der Waals surface area contributed by atoms with Crippen LogP contribution in [0.1, 0.15) is 30.9 Å². The van der Waals surface area contributed by atoms with Gasteiger partial charge in [-0.05, 0) is 57.2 Å². The molecule has 23 heavy (non-hydrogen) atoms. The number of esters is 1. The number of cyclic esters (lactones) is 1. The van der Waals surface area contributed by atoms with Crippen molar-refractivity contribution in [2.45, 2.75) is 26.9 Å². The average Bonchev–Trinajstić information content (AvgIpc) is 3.06. The first kappa shape index (κ1) is 15.1. The van der Waals surface area contributed by atoms with Crippen molar-refractivity contribution in [2.24, 2.45) is 4.99 Å². The van der Waals surface area contributed by atoms with E-state index >= 15 is 0 Å². The smallest absolute Gasteiger partial charge is 0.363 e. The lowest BCUT2D eigenvalue weighted by atomic mass is 10.2. The Morgan fingerprint density at radius 3 is 2.48 bits per heavy atom. The topological polar surface area (TPSA) is 61.0 Å². The van der Waals surface area contributed by atoms with E-state index in [2.05, 4.69) is 4.99 Å². The molecule has 3 rings (SSSR count). The third-order valence-electron chi connectivity index (χ3n) is 3.13. The first-order valence-corrected chi connectivity index (χ1v) is 7.37. The second-order valence-corrected chi connectivity index (χ2v) is 5.48. The van der Waals surface area contributed by atoms with Crippen molar-refractivity contribution >= 4 is 17.9 Å². The fourth-order valence-electron chi connectivity index (χ4n) is 2.15. The number of carbonyl (C=O) groups excluding carboxylic acids is 1. The Morgan fingerprint density at radius 1 is 1.13 bits per heavy atom. The van der Waals surface area contributed by atoms with E-state index in [1.165, 1.54) is 0 Å². The van der Waals surface area contributed by atoms with Gasteiger partial charge in [0.25, 0.3) is 0 Å². The Morgan fingerprint density at radius 2 is 1.87 bits per heavy atom. The van der Waals surface area contributed by atoms with Crippen LogP contribution >= 0.6 is 0 Å². The minimum atomic E-state index is -0.489. The summed E-state index contributed by atoms with van der Waals surface area (Å²) in [4.78, 5) is 16.1. The van der Waals surface area contributed by atoms with Crippen molar-refractivity contribution in [1.82, 2.24) is 0 Å². The van der Waals surface area contributed by atoms with Crippen LogP contribution in [-0.2, 0) is 9.53 Å². The third kappa shape index (κ3) is 3.51. The highest BCUT2D eigenvalue weighted by molar-refractivity contribution is 6.12. The lowest BCUT2D eigenvalue weighted by Gasteiger charge is -2.09. The van der Waals surface area contributed by atoms with Gasteiger partial charge in [0.15, 0.2) is 5.70 Å². The molecule has 118 valence electrons. The number of hydrogen-bond donors (Lipinski definition) is 0. The molecule has 2 aromatic rings. The molecule has 5 nitrogen and oxygen atoms in total. The molecule has 0 amide bonds. The van der Waals surface area contributed by atoms with Gasteiger partial charge >= 0.3 is 5.97 Å². The summed E-state index contributed by atoms with van der Waals surface area (Å²) >= 11 is 0. The molecule has 0 aliphatic carbocycles. The zero-order chi connectivity index (χ0) is 16.4. The van der Waals surface area contributed by atoms with E-state index in [1.54, 1.807) is 12.1 Å². The quantitative estimate of drug-likeness (QED) is 0.638. The molecule has 0 N–H and O–H groups in total. The van der Waals surface area contributed by atoms with E-state index < -0.39 is 5.97 Å². The first-order chi connectivity index (χ1) is 11.0. The maximum atomic E-state index is 11.9. The number of nitrogens with zero attached hydrogens (tertiary/aromatic N) is 1. The summed E-state index contributed by atoms with van der Waals surface area (Å²) < 4.78 is 16.2. The van der Waals surface area contributed by atoms with Crippen molar-refractivity contribution in [2.75, 3.05) is 0 Å². The molecule has 2 heterocycles. The van der Waals surface area contributed by atoms with Crippen molar-refractivity contribution in [1.29, 1.82) is 0 Å². The monoisotopic (exact) mass is 311 g/mol. The molecule has 0 saturated carbocycles. The van der Waals surface area contributed by atoms with E-state index in [0.29, 0.717) is 11.3 Å². The normalized spacial score (nSPS) is 15.9. The van der Waals surface area contributed by atoms with Gasteiger partial charge in [-0.2, -0.15) is 0 Å². The van der Waals surface area contributed by atoms with Gasteiger partial charge in [0.05, 0.1) is 6.10 Å². The number of carbonyl (C=O) groups is 1. The Bertz CT molecular complexity index is 782. The summed E-state index contributed by atoms with van der Waals surface area (Å²) in [6, 6.07) is 10.9. The fraction of sp³-hybridized carbons (Fsp3) is 0.222. The molecule has 0 bridgehead atoms. The number of furan rings is 1. The van der Waals surface area contributed by atoms with Gasteiger partial charge in [-0.25, -0.2) is 9.79 Å². The summed E-state index contributed by atoms with van der Waals surface area (Å²) in [7, 11) is 0.